The molecule has 15 heavy (non-hydrogen) atoms. The van der Waals surface area contributed by atoms with Gasteiger partial charge < -0.3 is 10.4 Å². The van der Waals surface area contributed by atoms with Gasteiger partial charge in [-0.15, -0.1) is 12.4 Å². The van der Waals surface area contributed by atoms with Crippen molar-refractivity contribution in [1.82, 2.24) is 5.32 Å². The van der Waals surface area contributed by atoms with Gasteiger partial charge in [0.15, 0.2) is 0 Å². The van der Waals surface area contributed by atoms with Gasteiger partial charge in [0.1, 0.15) is 5.75 Å². The molecule has 2 rings (SSSR count). The molecule has 1 saturated heterocycles. The lowest BCUT2D eigenvalue weighted by atomic mass is 9.97. The summed E-state index contributed by atoms with van der Waals surface area (Å²) in [7, 11) is 0. The van der Waals surface area contributed by atoms with Crippen LogP contribution < -0.4 is 5.32 Å². The Hall–Kier alpha value is -0.250. The molecule has 0 unspecified atom stereocenters. The van der Waals surface area contributed by atoms with Gasteiger partial charge in [-0.2, -0.15) is 0 Å². The first-order valence-corrected chi connectivity index (χ1v) is 5.79. The average molecular weight is 293 g/mol. The number of aromatic hydroxyl groups is 1. The Morgan fingerprint density at radius 3 is 2.80 bits per heavy atom. The van der Waals surface area contributed by atoms with Gasteiger partial charge >= 0.3 is 0 Å². The standard InChI is InChI=1S/C11H14BrNO.ClH/c12-9-5-3-4-8(11(9)14)10-6-1-2-7-13-10;/h3-5,10,13-14H,1-2,6-7H2;1H/t10-;/m0./s1. The molecule has 0 aliphatic carbocycles. The van der Waals surface area contributed by atoms with Crippen LogP contribution in [0.15, 0.2) is 22.7 Å². The Balaban J connectivity index is 0.00000112. The van der Waals surface area contributed by atoms with E-state index in [-0.39, 0.29) is 12.4 Å². The number of hydrogen-bond acceptors (Lipinski definition) is 2. The van der Waals surface area contributed by atoms with E-state index in [9.17, 15) is 5.11 Å². The van der Waals surface area contributed by atoms with Crippen LogP contribution in [-0.2, 0) is 0 Å². The van der Waals surface area contributed by atoms with Crippen molar-refractivity contribution in [1.29, 1.82) is 0 Å². The number of phenolic OH excluding ortho intramolecular Hbond substituents is 1. The van der Waals surface area contributed by atoms with E-state index in [2.05, 4.69) is 21.2 Å². The molecule has 1 aliphatic rings. The molecule has 1 fully saturated rings. The normalized spacial score (nSPS) is 20.7. The van der Waals surface area contributed by atoms with Gasteiger partial charge in [0, 0.05) is 11.6 Å². The molecule has 2 N–H and O–H groups in total. The maximum atomic E-state index is 9.86. The van der Waals surface area contributed by atoms with Crippen molar-refractivity contribution < 1.29 is 5.11 Å². The van der Waals surface area contributed by atoms with Crippen LogP contribution in [0.25, 0.3) is 0 Å². The Kier molecular flexibility index (Phi) is 4.90. The zero-order valence-corrected chi connectivity index (χ0v) is 10.8. The fourth-order valence-corrected chi connectivity index (χ4v) is 2.31. The number of phenols is 1. The van der Waals surface area contributed by atoms with Crippen LogP contribution >= 0.6 is 28.3 Å². The molecule has 1 aromatic carbocycles. The molecular formula is C11H15BrClNO. The smallest absolute Gasteiger partial charge is 0.134 e. The van der Waals surface area contributed by atoms with Crippen LogP contribution in [0.3, 0.4) is 0 Å². The third-order valence-corrected chi connectivity index (χ3v) is 3.34. The molecule has 1 heterocycles. The lowest BCUT2D eigenvalue weighted by molar-refractivity contribution is 0.390. The highest BCUT2D eigenvalue weighted by atomic mass is 79.9. The van der Waals surface area contributed by atoms with E-state index in [1.165, 1.54) is 12.8 Å². The molecule has 0 aromatic heterocycles. The lowest BCUT2D eigenvalue weighted by Crippen LogP contribution is -2.26. The minimum Gasteiger partial charge on any atom is -0.506 e. The molecule has 1 aliphatic heterocycles. The Labute approximate surface area is 105 Å². The summed E-state index contributed by atoms with van der Waals surface area (Å²) in [5.74, 6) is 0.381. The third kappa shape index (κ3) is 2.86. The van der Waals surface area contributed by atoms with Crippen LogP contribution in [0, 0.1) is 0 Å². The minimum atomic E-state index is 0. The van der Waals surface area contributed by atoms with Gasteiger partial charge in [-0.3, -0.25) is 0 Å². The lowest BCUT2D eigenvalue weighted by Gasteiger charge is -2.24. The topological polar surface area (TPSA) is 32.3 Å². The average Bonchev–Trinajstić information content (AvgIpc) is 2.23. The van der Waals surface area contributed by atoms with Crippen molar-refractivity contribution >= 4 is 28.3 Å². The molecule has 0 bridgehead atoms. The monoisotopic (exact) mass is 291 g/mol. The summed E-state index contributed by atoms with van der Waals surface area (Å²) >= 11 is 3.33. The van der Waals surface area contributed by atoms with E-state index < -0.39 is 0 Å². The van der Waals surface area contributed by atoms with Gasteiger partial charge in [0.25, 0.3) is 0 Å². The van der Waals surface area contributed by atoms with E-state index >= 15 is 0 Å². The van der Waals surface area contributed by atoms with Crippen LogP contribution in [0.5, 0.6) is 5.75 Å². The summed E-state index contributed by atoms with van der Waals surface area (Å²) < 4.78 is 0.780. The molecule has 0 spiro atoms. The number of piperidine rings is 1. The maximum Gasteiger partial charge on any atom is 0.134 e. The number of hydrogen-bond donors (Lipinski definition) is 2. The highest BCUT2D eigenvalue weighted by Crippen LogP contribution is 2.34. The van der Waals surface area contributed by atoms with Crippen molar-refractivity contribution in [2.24, 2.45) is 0 Å². The fraction of sp³-hybridized carbons (Fsp3) is 0.455. The van der Waals surface area contributed by atoms with Crippen LogP contribution in [0.1, 0.15) is 30.9 Å². The van der Waals surface area contributed by atoms with E-state index in [4.69, 9.17) is 0 Å². The second kappa shape index (κ2) is 5.73. The first-order chi connectivity index (χ1) is 6.79. The minimum absolute atomic E-state index is 0. The Morgan fingerprint density at radius 2 is 2.13 bits per heavy atom. The van der Waals surface area contributed by atoms with Crippen molar-refractivity contribution in [3.05, 3.63) is 28.2 Å². The molecule has 84 valence electrons. The van der Waals surface area contributed by atoms with E-state index in [0.29, 0.717) is 11.8 Å². The highest BCUT2D eigenvalue weighted by molar-refractivity contribution is 9.10. The first-order valence-electron chi connectivity index (χ1n) is 5.00. The second-order valence-corrected chi connectivity index (χ2v) is 4.53. The van der Waals surface area contributed by atoms with Crippen LogP contribution in [0.4, 0.5) is 0 Å². The third-order valence-electron chi connectivity index (χ3n) is 2.70. The van der Waals surface area contributed by atoms with Crippen LogP contribution in [-0.4, -0.2) is 11.7 Å². The van der Waals surface area contributed by atoms with Crippen molar-refractivity contribution in [2.75, 3.05) is 6.54 Å². The van der Waals surface area contributed by atoms with E-state index in [1.54, 1.807) is 0 Å². The Morgan fingerprint density at radius 1 is 1.33 bits per heavy atom. The van der Waals surface area contributed by atoms with Crippen molar-refractivity contribution in [3.8, 4) is 5.75 Å². The zero-order chi connectivity index (χ0) is 9.97. The van der Waals surface area contributed by atoms with Gasteiger partial charge in [0.2, 0.25) is 0 Å². The highest BCUT2D eigenvalue weighted by Gasteiger charge is 2.18. The predicted molar refractivity (Wildman–Crippen MR) is 67.6 cm³/mol. The van der Waals surface area contributed by atoms with Crippen LogP contribution in [0.2, 0.25) is 0 Å². The summed E-state index contributed by atoms with van der Waals surface area (Å²) in [5.41, 5.74) is 1.01. The molecule has 4 heteroatoms. The molecule has 0 saturated carbocycles. The number of nitrogens with one attached hydrogen (secondary N) is 1. The molecule has 2 nitrogen and oxygen atoms in total. The maximum absolute atomic E-state index is 9.86. The number of halogens is 2. The fourth-order valence-electron chi connectivity index (χ4n) is 1.93. The summed E-state index contributed by atoms with van der Waals surface area (Å²) in [6, 6.07) is 6.14. The Bertz CT molecular complexity index is 326. The molecule has 1 aromatic rings. The summed E-state index contributed by atoms with van der Waals surface area (Å²) in [6.45, 7) is 1.05. The molecular weight excluding hydrogens is 277 g/mol. The van der Waals surface area contributed by atoms with E-state index in [0.717, 1.165) is 23.0 Å². The second-order valence-electron chi connectivity index (χ2n) is 3.68. The van der Waals surface area contributed by atoms with Crippen molar-refractivity contribution in [3.63, 3.8) is 0 Å². The summed E-state index contributed by atoms with van der Waals surface area (Å²) in [6.07, 6.45) is 3.60. The van der Waals surface area contributed by atoms with E-state index in [1.807, 2.05) is 18.2 Å². The number of para-hydroxylation sites is 1. The quantitative estimate of drug-likeness (QED) is 0.831. The van der Waals surface area contributed by atoms with Gasteiger partial charge in [-0.25, -0.2) is 0 Å². The molecule has 1 atom stereocenters. The van der Waals surface area contributed by atoms with Gasteiger partial charge in [0.05, 0.1) is 4.47 Å². The van der Waals surface area contributed by atoms with Gasteiger partial charge in [-0.1, -0.05) is 18.6 Å². The molecule has 0 amide bonds. The first kappa shape index (κ1) is 12.8. The SMILES string of the molecule is Cl.Oc1c(Br)cccc1[C@@H]1CCCCN1. The summed E-state index contributed by atoms with van der Waals surface area (Å²) in [5, 5.41) is 13.3. The largest absolute Gasteiger partial charge is 0.506 e. The van der Waals surface area contributed by atoms with Gasteiger partial charge in [-0.05, 0) is 41.4 Å². The number of rotatable bonds is 1. The predicted octanol–water partition coefficient (Wildman–Crippen LogP) is 3.39. The zero-order valence-electron chi connectivity index (χ0n) is 8.37. The number of benzene rings is 1. The van der Waals surface area contributed by atoms with Crippen molar-refractivity contribution in [2.45, 2.75) is 25.3 Å². The summed E-state index contributed by atoms with van der Waals surface area (Å²) in [4.78, 5) is 0. The molecule has 0 radical (unpaired) electrons.